The fourth-order valence-electron chi connectivity index (χ4n) is 2.65. The Morgan fingerprint density at radius 2 is 1.96 bits per heavy atom. The van der Waals surface area contributed by atoms with Crippen LogP contribution in [-0.4, -0.2) is 42.9 Å². The van der Waals surface area contributed by atoms with E-state index in [1.807, 2.05) is 0 Å². The number of hydrogen-bond acceptors (Lipinski definition) is 4. The number of sulfonamides is 1. The average Bonchev–Trinajstić information content (AvgIpc) is 3.02. The molecule has 2 aromatic carbocycles. The molecule has 0 aromatic heterocycles. The Bertz CT molecular complexity index is 901. The van der Waals surface area contributed by atoms with Crippen molar-refractivity contribution >= 4 is 33.2 Å². The summed E-state index contributed by atoms with van der Waals surface area (Å²) in [6, 6.07) is 12.5. The number of halogens is 1. The Balaban J connectivity index is 1.82. The van der Waals surface area contributed by atoms with Crippen LogP contribution in [0.4, 0.5) is 5.69 Å². The molecule has 0 radical (unpaired) electrons. The molecule has 2 aromatic rings. The third-order valence-electron chi connectivity index (χ3n) is 3.94. The van der Waals surface area contributed by atoms with Crippen molar-refractivity contribution in [3.8, 4) is 0 Å². The van der Waals surface area contributed by atoms with Crippen molar-refractivity contribution in [3.63, 3.8) is 0 Å². The standard InChI is InChI=1S/C17H17ClN2O4S/c18-13-4-2-5-14(10-13)19-17(22)12-3-1-6-16(9-12)25(23,24)20-8-7-15(21)11-20/h1-6,9-10,15,21H,7-8,11H2,(H,19,22). The van der Waals surface area contributed by atoms with Gasteiger partial charge < -0.3 is 10.4 Å². The molecule has 1 aliphatic heterocycles. The number of nitrogens with one attached hydrogen (secondary N) is 1. The van der Waals surface area contributed by atoms with E-state index in [9.17, 15) is 18.3 Å². The lowest BCUT2D eigenvalue weighted by atomic mass is 10.2. The molecular formula is C17H17ClN2O4S. The van der Waals surface area contributed by atoms with E-state index in [1.54, 1.807) is 24.3 Å². The topological polar surface area (TPSA) is 86.7 Å². The number of amides is 1. The van der Waals surface area contributed by atoms with Crippen LogP contribution in [-0.2, 0) is 10.0 Å². The average molecular weight is 381 g/mol. The number of rotatable bonds is 4. The van der Waals surface area contributed by atoms with Gasteiger partial charge in [0, 0.05) is 29.4 Å². The number of anilines is 1. The first kappa shape index (κ1) is 17.9. The Labute approximate surface area is 151 Å². The highest BCUT2D eigenvalue weighted by Crippen LogP contribution is 2.22. The van der Waals surface area contributed by atoms with Crippen LogP contribution in [0.15, 0.2) is 53.4 Å². The first-order valence-electron chi connectivity index (χ1n) is 7.71. The molecule has 1 saturated heterocycles. The minimum atomic E-state index is -3.73. The van der Waals surface area contributed by atoms with Crippen LogP contribution in [0, 0.1) is 0 Å². The molecule has 132 valence electrons. The maximum Gasteiger partial charge on any atom is 0.255 e. The van der Waals surface area contributed by atoms with Gasteiger partial charge in [0.25, 0.3) is 5.91 Å². The van der Waals surface area contributed by atoms with Crippen LogP contribution in [0.25, 0.3) is 0 Å². The van der Waals surface area contributed by atoms with Crippen molar-refractivity contribution < 1.29 is 18.3 Å². The summed E-state index contributed by atoms with van der Waals surface area (Å²) in [5.74, 6) is -0.430. The zero-order valence-corrected chi connectivity index (χ0v) is 14.8. The maximum absolute atomic E-state index is 12.6. The lowest BCUT2D eigenvalue weighted by molar-refractivity contribution is 0.102. The summed E-state index contributed by atoms with van der Waals surface area (Å²) in [5, 5.41) is 12.7. The molecule has 2 N–H and O–H groups in total. The summed E-state index contributed by atoms with van der Waals surface area (Å²) in [5.41, 5.74) is 0.745. The first-order chi connectivity index (χ1) is 11.9. The quantitative estimate of drug-likeness (QED) is 0.852. The molecule has 0 aliphatic carbocycles. The number of nitrogens with zero attached hydrogens (tertiary/aromatic N) is 1. The van der Waals surface area contributed by atoms with Crippen molar-refractivity contribution in [2.75, 3.05) is 18.4 Å². The molecule has 1 atom stereocenters. The van der Waals surface area contributed by atoms with Crippen LogP contribution < -0.4 is 5.32 Å². The van der Waals surface area contributed by atoms with E-state index in [4.69, 9.17) is 11.6 Å². The number of aliphatic hydroxyl groups excluding tert-OH is 1. The van der Waals surface area contributed by atoms with Gasteiger partial charge in [-0.15, -0.1) is 0 Å². The fourth-order valence-corrected chi connectivity index (χ4v) is 4.37. The van der Waals surface area contributed by atoms with E-state index in [1.165, 1.54) is 28.6 Å². The first-order valence-corrected chi connectivity index (χ1v) is 9.53. The van der Waals surface area contributed by atoms with Gasteiger partial charge in [-0.3, -0.25) is 4.79 Å². The highest BCUT2D eigenvalue weighted by Gasteiger charge is 2.31. The number of aliphatic hydroxyl groups is 1. The van der Waals surface area contributed by atoms with E-state index in [0.29, 0.717) is 17.1 Å². The zero-order chi connectivity index (χ0) is 18.0. The molecule has 1 heterocycles. The molecule has 1 aliphatic rings. The smallest absolute Gasteiger partial charge is 0.255 e. The third kappa shape index (κ3) is 4.01. The van der Waals surface area contributed by atoms with E-state index in [2.05, 4.69) is 5.32 Å². The monoisotopic (exact) mass is 380 g/mol. The number of carbonyl (C=O) groups is 1. The summed E-state index contributed by atoms with van der Waals surface area (Å²) in [4.78, 5) is 12.4. The van der Waals surface area contributed by atoms with Gasteiger partial charge in [0.15, 0.2) is 0 Å². The SMILES string of the molecule is O=C(Nc1cccc(Cl)c1)c1cccc(S(=O)(=O)N2CCC(O)C2)c1. The number of hydrogen-bond donors (Lipinski definition) is 2. The van der Waals surface area contributed by atoms with Crippen LogP contribution in [0.2, 0.25) is 5.02 Å². The Morgan fingerprint density at radius 3 is 2.64 bits per heavy atom. The predicted octanol–water partition coefficient (Wildman–Crippen LogP) is 2.35. The van der Waals surface area contributed by atoms with Crippen molar-refractivity contribution in [2.24, 2.45) is 0 Å². The second-order valence-corrected chi connectivity index (χ2v) is 8.17. The normalized spacial score (nSPS) is 18.2. The summed E-state index contributed by atoms with van der Waals surface area (Å²) in [6.45, 7) is 0.337. The number of benzene rings is 2. The molecule has 3 rings (SSSR count). The van der Waals surface area contributed by atoms with Gasteiger partial charge in [0.2, 0.25) is 10.0 Å². The van der Waals surface area contributed by atoms with Gasteiger partial charge in [0.05, 0.1) is 11.0 Å². The molecule has 8 heteroatoms. The number of β-amino-alcohol motifs (C(OH)–C–C–N with tert-alkyl or cyclic N) is 1. The molecule has 0 spiro atoms. The zero-order valence-electron chi connectivity index (χ0n) is 13.2. The Morgan fingerprint density at radius 1 is 1.20 bits per heavy atom. The van der Waals surface area contributed by atoms with E-state index >= 15 is 0 Å². The third-order valence-corrected chi connectivity index (χ3v) is 6.04. The second-order valence-electron chi connectivity index (χ2n) is 5.80. The molecular weight excluding hydrogens is 364 g/mol. The molecule has 1 fully saturated rings. The van der Waals surface area contributed by atoms with Gasteiger partial charge in [0.1, 0.15) is 0 Å². The molecule has 25 heavy (non-hydrogen) atoms. The largest absolute Gasteiger partial charge is 0.392 e. The van der Waals surface area contributed by atoms with Gasteiger partial charge in [-0.05, 0) is 42.8 Å². The van der Waals surface area contributed by atoms with Crippen LogP contribution in [0.3, 0.4) is 0 Å². The van der Waals surface area contributed by atoms with Crippen LogP contribution >= 0.6 is 11.6 Å². The molecule has 1 amide bonds. The van der Waals surface area contributed by atoms with Crippen molar-refractivity contribution in [3.05, 3.63) is 59.1 Å². The summed E-state index contributed by atoms with van der Waals surface area (Å²) >= 11 is 5.89. The summed E-state index contributed by atoms with van der Waals surface area (Å²) in [6.07, 6.45) is -0.238. The minimum Gasteiger partial charge on any atom is -0.392 e. The van der Waals surface area contributed by atoms with Gasteiger partial charge in [-0.2, -0.15) is 4.31 Å². The number of carbonyl (C=O) groups excluding carboxylic acids is 1. The minimum absolute atomic E-state index is 0.0281. The molecule has 1 unspecified atom stereocenters. The van der Waals surface area contributed by atoms with Gasteiger partial charge in [-0.1, -0.05) is 23.7 Å². The summed E-state index contributed by atoms with van der Waals surface area (Å²) in [7, 11) is -3.73. The van der Waals surface area contributed by atoms with Crippen molar-refractivity contribution in [1.29, 1.82) is 0 Å². The lowest BCUT2D eigenvalue weighted by Gasteiger charge is -2.16. The lowest BCUT2D eigenvalue weighted by Crippen LogP contribution is -2.29. The maximum atomic E-state index is 12.6. The predicted molar refractivity (Wildman–Crippen MR) is 95.2 cm³/mol. The fraction of sp³-hybridized carbons (Fsp3) is 0.235. The Hall–Kier alpha value is -1.93. The van der Waals surface area contributed by atoms with E-state index < -0.39 is 22.0 Å². The molecule has 0 saturated carbocycles. The van der Waals surface area contributed by atoms with Crippen LogP contribution in [0.1, 0.15) is 16.8 Å². The highest BCUT2D eigenvalue weighted by molar-refractivity contribution is 7.89. The van der Waals surface area contributed by atoms with Crippen molar-refractivity contribution in [2.45, 2.75) is 17.4 Å². The van der Waals surface area contributed by atoms with E-state index in [0.717, 1.165) is 0 Å². The summed E-state index contributed by atoms with van der Waals surface area (Å²) < 4.78 is 26.5. The Kier molecular flexibility index (Phi) is 5.10. The van der Waals surface area contributed by atoms with Crippen molar-refractivity contribution in [1.82, 2.24) is 4.31 Å². The molecule has 0 bridgehead atoms. The van der Waals surface area contributed by atoms with E-state index in [-0.39, 0.29) is 23.5 Å². The van der Waals surface area contributed by atoms with Gasteiger partial charge in [-0.25, -0.2) is 8.42 Å². The second kappa shape index (κ2) is 7.13. The van der Waals surface area contributed by atoms with Gasteiger partial charge >= 0.3 is 0 Å². The highest BCUT2D eigenvalue weighted by atomic mass is 35.5. The molecule has 6 nitrogen and oxygen atoms in total. The van der Waals surface area contributed by atoms with Crippen LogP contribution in [0.5, 0.6) is 0 Å².